The summed E-state index contributed by atoms with van der Waals surface area (Å²) in [6.07, 6.45) is 2.96. The molecule has 1 aliphatic heterocycles. The predicted octanol–water partition coefficient (Wildman–Crippen LogP) is 3.17. The second kappa shape index (κ2) is 9.22. The minimum Gasteiger partial charge on any atom is -0.445 e. The molecule has 5 nitrogen and oxygen atoms in total. The van der Waals surface area contributed by atoms with Crippen molar-refractivity contribution in [1.82, 2.24) is 10.2 Å². The Bertz CT molecular complexity index is 755. The zero-order chi connectivity index (χ0) is 19.2. The number of ether oxygens (including phenoxy) is 2. The third-order valence-electron chi connectivity index (χ3n) is 5.55. The molecule has 4 rings (SSSR count). The number of carbonyl (C=O) groups is 1. The average molecular weight is 380 g/mol. The summed E-state index contributed by atoms with van der Waals surface area (Å²) in [6.45, 7) is 3.17. The largest absolute Gasteiger partial charge is 0.445 e. The fourth-order valence-electron chi connectivity index (χ4n) is 4.01. The van der Waals surface area contributed by atoms with E-state index in [1.54, 1.807) is 4.90 Å². The summed E-state index contributed by atoms with van der Waals surface area (Å²) in [6, 6.07) is 18.6. The lowest BCUT2D eigenvalue weighted by molar-refractivity contribution is 0.0455. The molecule has 0 spiro atoms. The van der Waals surface area contributed by atoms with E-state index in [9.17, 15) is 4.79 Å². The van der Waals surface area contributed by atoms with Crippen LogP contribution in [-0.2, 0) is 28.9 Å². The molecule has 2 aromatic rings. The van der Waals surface area contributed by atoms with Crippen LogP contribution in [0, 0.1) is 0 Å². The molecule has 0 saturated carbocycles. The molecule has 0 unspecified atom stereocenters. The van der Waals surface area contributed by atoms with Gasteiger partial charge in [-0.05, 0) is 36.0 Å². The van der Waals surface area contributed by atoms with Gasteiger partial charge in [-0.15, -0.1) is 0 Å². The Morgan fingerprint density at radius 1 is 1.04 bits per heavy atom. The number of fused-ring (bicyclic) bond motifs is 1. The monoisotopic (exact) mass is 380 g/mol. The third-order valence-corrected chi connectivity index (χ3v) is 5.55. The zero-order valence-electron chi connectivity index (χ0n) is 16.2. The first-order valence-electron chi connectivity index (χ1n) is 10.2. The zero-order valence-corrected chi connectivity index (χ0v) is 16.2. The lowest BCUT2D eigenvalue weighted by atomic mass is 10.1. The molecule has 1 fully saturated rings. The fraction of sp³-hybridized carbons (Fsp3) is 0.435. The van der Waals surface area contributed by atoms with Crippen molar-refractivity contribution in [2.45, 2.75) is 38.0 Å². The van der Waals surface area contributed by atoms with E-state index in [-0.39, 0.29) is 18.2 Å². The molecule has 1 atom stereocenters. The van der Waals surface area contributed by atoms with E-state index >= 15 is 0 Å². The maximum Gasteiger partial charge on any atom is 0.410 e. The molecule has 1 heterocycles. The second-order valence-electron chi connectivity index (χ2n) is 7.60. The van der Waals surface area contributed by atoms with Gasteiger partial charge in [0.1, 0.15) is 6.61 Å². The lowest BCUT2D eigenvalue weighted by Crippen LogP contribution is -2.53. The van der Waals surface area contributed by atoms with Crippen LogP contribution in [0.15, 0.2) is 54.6 Å². The van der Waals surface area contributed by atoms with Crippen LogP contribution in [-0.4, -0.2) is 49.4 Å². The lowest BCUT2D eigenvalue weighted by Gasteiger charge is -2.33. The average Bonchev–Trinajstić information content (AvgIpc) is 3.16. The summed E-state index contributed by atoms with van der Waals surface area (Å²) < 4.78 is 11.6. The number of amides is 1. The number of piperazine rings is 1. The number of benzene rings is 2. The molecule has 28 heavy (non-hydrogen) atoms. The van der Waals surface area contributed by atoms with Crippen molar-refractivity contribution >= 4 is 6.09 Å². The van der Waals surface area contributed by atoms with E-state index < -0.39 is 0 Å². The minimum absolute atomic E-state index is 0.234. The number of hydrogen-bond donors (Lipinski definition) is 1. The van der Waals surface area contributed by atoms with Gasteiger partial charge >= 0.3 is 6.09 Å². The minimum atomic E-state index is -0.234. The van der Waals surface area contributed by atoms with Gasteiger partial charge in [-0.1, -0.05) is 54.6 Å². The SMILES string of the molecule is O=C(OCc1ccccc1)N1CCN[C@H](CCOC2Cc3ccccc3C2)C1. The molecule has 2 aliphatic rings. The van der Waals surface area contributed by atoms with Gasteiger partial charge in [-0.25, -0.2) is 4.79 Å². The fourth-order valence-corrected chi connectivity index (χ4v) is 4.01. The van der Waals surface area contributed by atoms with Crippen LogP contribution in [0.2, 0.25) is 0 Å². The summed E-state index contributed by atoms with van der Waals surface area (Å²) in [4.78, 5) is 14.2. The van der Waals surface area contributed by atoms with Crippen LogP contribution in [0.3, 0.4) is 0 Å². The first-order chi connectivity index (χ1) is 13.8. The number of rotatable bonds is 6. The molecule has 2 aromatic carbocycles. The number of hydrogen-bond acceptors (Lipinski definition) is 4. The van der Waals surface area contributed by atoms with Crippen LogP contribution in [0.1, 0.15) is 23.1 Å². The van der Waals surface area contributed by atoms with Gasteiger partial charge in [0, 0.05) is 32.3 Å². The third kappa shape index (κ3) is 4.91. The Hall–Kier alpha value is -2.37. The number of carbonyl (C=O) groups excluding carboxylic acids is 1. The van der Waals surface area contributed by atoms with E-state index in [2.05, 4.69) is 29.6 Å². The Morgan fingerprint density at radius 3 is 2.50 bits per heavy atom. The van der Waals surface area contributed by atoms with Crippen molar-refractivity contribution in [2.75, 3.05) is 26.2 Å². The van der Waals surface area contributed by atoms with E-state index in [1.165, 1.54) is 11.1 Å². The van der Waals surface area contributed by atoms with Gasteiger partial charge in [0.2, 0.25) is 0 Å². The van der Waals surface area contributed by atoms with E-state index in [1.807, 2.05) is 30.3 Å². The maximum atomic E-state index is 12.4. The van der Waals surface area contributed by atoms with Crippen molar-refractivity contribution in [3.63, 3.8) is 0 Å². The van der Waals surface area contributed by atoms with Crippen LogP contribution in [0.25, 0.3) is 0 Å². The molecule has 1 N–H and O–H groups in total. The van der Waals surface area contributed by atoms with Gasteiger partial charge in [-0.3, -0.25) is 0 Å². The highest BCUT2D eigenvalue weighted by molar-refractivity contribution is 5.67. The molecule has 0 bridgehead atoms. The van der Waals surface area contributed by atoms with Gasteiger partial charge in [0.25, 0.3) is 0 Å². The van der Waals surface area contributed by atoms with Crippen molar-refractivity contribution in [3.05, 3.63) is 71.3 Å². The highest BCUT2D eigenvalue weighted by atomic mass is 16.6. The van der Waals surface area contributed by atoms with Crippen LogP contribution in [0.4, 0.5) is 4.79 Å². The van der Waals surface area contributed by atoms with Gasteiger partial charge in [-0.2, -0.15) is 0 Å². The standard InChI is InChI=1S/C23H28N2O3/c26-23(28-17-18-6-2-1-3-7-18)25-12-11-24-21(16-25)10-13-27-22-14-19-8-4-5-9-20(19)15-22/h1-9,21-22,24H,10-17H2/t21-/m1/s1. The Balaban J connectivity index is 1.17. The first-order valence-corrected chi connectivity index (χ1v) is 10.2. The molecule has 1 amide bonds. The molecule has 0 radical (unpaired) electrons. The summed E-state index contributed by atoms with van der Waals surface area (Å²) >= 11 is 0. The summed E-state index contributed by atoms with van der Waals surface area (Å²) in [5, 5.41) is 3.49. The van der Waals surface area contributed by atoms with Gasteiger partial charge in [0.05, 0.1) is 6.10 Å². The number of nitrogens with one attached hydrogen (secondary N) is 1. The van der Waals surface area contributed by atoms with Crippen molar-refractivity contribution in [1.29, 1.82) is 0 Å². The van der Waals surface area contributed by atoms with Crippen LogP contribution >= 0.6 is 0 Å². The molecular weight excluding hydrogens is 352 g/mol. The first kappa shape index (κ1) is 19.0. The van der Waals surface area contributed by atoms with Crippen LogP contribution in [0.5, 0.6) is 0 Å². The Labute approximate surface area is 166 Å². The summed E-state index contributed by atoms with van der Waals surface area (Å²) in [7, 11) is 0. The molecule has 148 valence electrons. The molecule has 1 saturated heterocycles. The van der Waals surface area contributed by atoms with Crippen molar-refractivity contribution in [3.8, 4) is 0 Å². The highest BCUT2D eigenvalue weighted by Gasteiger charge is 2.25. The van der Waals surface area contributed by atoms with E-state index in [0.717, 1.165) is 31.4 Å². The maximum absolute atomic E-state index is 12.4. The van der Waals surface area contributed by atoms with Crippen LogP contribution < -0.4 is 5.32 Å². The second-order valence-corrected chi connectivity index (χ2v) is 7.60. The van der Waals surface area contributed by atoms with E-state index in [4.69, 9.17) is 9.47 Å². The molecule has 0 aromatic heterocycles. The van der Waals surface area contributed by atoms with Crippen molar-refractivity contribution < 1.29 is 14.3 Å². The molecule has 1 aliphatic carbocycles. The smallest absolute Gasteiger partial charge is 0.410 e. The van der Waals surface area contributed by atoms with Gasteiger partial charge < -0.3 is 19.7 Å². The predicted molar refractivity (Wildman–Crippen MR) is 108 cm³/mol. The normalized spacial score (nSPS) is 19.4. The highest BCUT2D eigenvalue weighted by Crippen LogP contribution is 2.24. The quantitative estimate of drug-likeness (QED) is 0.836. The Morgan fingerprint density at radius 2 is 1.75 bits per heavy atom. The molecule has 5 heteroatoms. The van der Waals surface area contributed by atoms with E-state index in [0.29, 0.717) is 26.3 Å². The summed E-state index contributed by atoms with van der Waals surface area (Å²) in [5.74, 6) is 0. The molecular formula is C23H28N2O3. The summed E-state index contributed by atoms with van der Waals surface area (Å²) in [5.41, 5.74) is 3.83. The Kier molecular flexibility index (Phi) is 6.24. The number of nitrogens with zero attached hydrogens (tertiary/aromatic N) is 1. The topological polar surface area (TPSA) is 50.8 Å². The van der Waals surface area contributed by atoms with Crippen molar-refractivity contribution in [2.24, 2.45) is 0 Å². The van der Waals surface area contributed by atoms with Gasteiger partial charge in [0.15, 0.2) is 0 Å².